The molecule has 2 aromatic heterocycles. The predicted molar refractivity (Wildman–Crippen MR) is 131 cm³/mol. The highest BCUT2D eigenvalue weighted by atomic mass is 35.5. The van der Waals surface area contributed by atoms with Crippen LogP contribution in [0.15, 0.2) is 24.4 Å². The molecule has 0 saturated carbocycles. The van der Waals surface area contributed by atoms with Crippen molar-refractivity contribution in [2.75, 3.05) is 24.3 Å². The van der Waals surface area contributed by atoms with E-state index in [-0.39, 0.29) is 5.54 Å². The molecule has 5 rings (SSSR count). The zero-order chi connectivity index (χ0) is 23.9. The summed E-state index contributed by atoms with van der Waals surface area (Å²) in [5.74, 6) is 2.42. The Morgan fingerprint density at radius 3 is 2.85 bits per heavy atom. The van der Waals surface area contributed by atoms with Crippen LogP contribution >= 0.6 is 11.6 Å². The number of halogens is 1. The standard InChI is InChI=1S/C23H30ClN9O/c1-14-29-30-31-33(14)18-8-15(10-19(11-18)34-4)27-22-25-13-20(24)21(28-22)26-16-9-17-6-5-7-32(17)23(2,3)12-16/h8,10-11,13,16-17H,5-7,9,12H2,1-4H3,(H2,25,26,27,28). The van der Waals surface area contributed by atoms with Gasteiger partial charge in [-0.15, -0.1) is 5.10 Å². The molecular formula is C23H30ClN9O. The summed E-state index contributed by atoms with van der Waals surface area (Å²) in [6, 6.07) is 6.56. The summed E-state index contributed by atoms with van der Waals surface area (Å²) in [6.07, 6.45) is 6.29. The van der Waals surface area contributed by atoms with Crippen molar-refractivity contribution in [2.24, 2.45) is 0 Å². The molecule has 180 valence electrons. The van der Waals surface area contributed by atoms with E-state index in [1.54, 1.807) is 18.0 Å². The maximum Gasteiger partial charge on any atom is 0.229 e. The van der Waals surface area contributed by atoms with Gasteiger partial charge in [0.25, 0.3) is 0 Å². The lowest BCUT2D eigenvalue weighted by Crippen LogP contribution is -2.55. The fourth-order valence-electron chi connectivity index (χ4n) is 5.34. The molecular weight excluding hydrogens is 454 g/mol. The van der Waals surface area contributed by atoms with Crippen LogP contribution in [0.2, 0.25) is 5.02 Å². The lowest BCUT2D eigenvalue weighted by Gasteiger charge is -2.47. The van der Waals surface area contributed by atoms with Crippen molar-refractivity contribution in [3.05, 3.63) is 35.2 Å². The lowest BCUT2D eigenvalue weighted by molar-refractivity contribution is 0.0501. The minimum absolute atomic E-state index is 0.156. The number of methoxy groups -OCH3 is 1. The molecule has 2 unspecified atom stereocenters. The summed E-state index contributed by atoms with van der Waals surface area (Å²) in [6.45, 7) is 7.70. The Balaban J connectivity index is 1.37. The van der Waals surface area contributed by atoms with Gasteiger partial charge in [0.15, 0.2) is 11.6 Å². The smallest absolute Gasteiger partial charge is 0.229 e. The summed E-state index contributed by atoms with van der Waals surface area (Å²) >= 11 is 6.49. The van der Waals surface area contributed by atoms with Crippen LogP contribution in [0, 0.1) is 6.92 Å². The van der Waals surface area contributed by atoms with Gasteiger partial charge in [-0.05, 0) is 69.5 Å². The Kier molecular flexibility index (Phi) is 6.03. The van der Waals surface area contributed by atoms with E-state index in [0.29, 0.717) is 40.4 Å². The molecule has 34 heavy (non-hydrogen) atoms. The van der Waals surface area contributed by atoms with Crippen molar-refractivity contribution in [3.63, 3.8) is 0 Å². The van der Waals surface area contributed by atoms with Crippen LogP contribution in [0.1, 0.15) is 45.4 Å². The molecule has 4 heterocycles. The fourth-order valence-corrected chi connectivity index (χ4v) is 5.48. The molecule has 3 aromatic rings. The van der Waals surface area contributed by atoms with E-state index in [0.717, 1.165) is 24.2 Å². The van der Waals surface area contributed by atoms with Gasteiger partial charge >= 0.3 is 0 Å². The topological polar surface area (TPSA) is 106 Å². The molecule has 0 radical (unpaired) electrons. The van der Waals surface area contributed by atoms with Gasteiger partial charge in [0.1, 0.15) is 10.8 Å². The minimum atomic E-state index is 0.156. The minimum Gasteiger partial charge on any atom is -0.497 e. The molecule has 2 atom stereocenters. The SMILES string of the molecule is COc1cc(Nc2ncc(Cl)c(NC3CC4CCCN4C(C)(C)C3)n2)cc(-n2nnnc2C)c1. The third-order valence-electron chi connectivity index (χ3n) is 6.80. The Labute approximate surface area is 204 Å². The van der Waals surface area contributed by atoms with Gasteiger partial charge in [-0.1, -0.05) is 11.6 Å². The van der Waals surface area contributed by atoms with Gasteiger partial charge in [-0.2, -0.15) is 9.67 Å². The summed E-state index contributed by atoms with van der Waals surface area (Å²) < 4.78 is 7.11. The largest absolute Gasteiger partial charge is 0.497 e. The predicted octanol–water partition coefficient (Wildman–Crippen LogP) is 3.98. The molecule has 1 aromatic carbocycles. The maximum absolute atomic E-state index is 6.49. The summed E-state index contributed by atoms with van der Waals surface area (Å²) in [4.78, 5) is 11.7. The van der Waals surface area contributed by atoms with E-state index >= 15 is 0 Å². The zero-order valence-electron chi connectivity index (χ0n) is 19.9. The van der Waals surface area contributed by atoms with Crippen molar-refractivity contribution in [3.8, 4) is 11.4 Å². The lowest BCUT2D eigenvalue weighted by atomic mass is 9.84. The molecule has 11 heteroatoms. The number of rotatable bonds is 6. The van der Waals surface area contributed by atoms with Crippen LogP contribution in [0.3, 0.4) is 0 Å². The number of piperidine rings is 1. The van der Waals surface area contributed by atoms with Crippen molar-refractivity contribution < 1.29 is 4.74 Å². The molecule has 0 spiro atoms. The van der Waals surface area contributed by atoms with E-state index in [1.807, 2.05) is 25.1 Å². The monoisotopic (exact) mass is 483 g/mol. The zero-order valence-corrected chi connectivity index (χ0v) is 20.7. The summed E-state index contributed by atoms with van der Waals surface area (Å²) in [5, 5.41) is 19.1. The first-order chi connectivity index (χ1) is 16.3. The number of fused-ring (bicyclic) bond motifs is 1. The van der Waals surface area contributed by atoms with Crippen LogP contribution in [0.5, 0.6) is 5.75 Å². The molecule has 2 N–H and O–H groups in total. The number of tetrazole rings is 1. The van der Waals surface area contributed by atoms with Crippen LogP contribution in [0.4, 0.5) is 17.5 Å². The van der Waals surface area contributed by atoms with Crippen LogP contribution in [0.25, 0.3) is 5.69 Å². The maximum atomic E-state index is 6.49. The number of anilines is 3. The number of nitrogens with zero attached hydrogens (tertiary/aromatic N) is 7. The van der Waals surface area contributed by atoms with Crippen molar-refractivity contribution >= 4 is 29.1 Å². The molecule has 0 amide bonds. The van der Waals surface area contributed by atoms with Crippen LogP contribution < -0.4 is 15.4 Å². The van der Waals surface area contributed by atoms with Gasteiger partial charge in [-0.3, -0.25) is 4.90 Å². The Hall–Kier alpha value is -2.98. The van der Waals surface area contributed by atoms with E-state index in [2.05, 4.69) is 49.9 Å². The first kappa shape index (κ1) is 22.8. The van der Waals surface area contributed by atoms with E-state index in [4.69, 9.17) is 21.3 Å². The third-order valence-corrected chi connectivity index (χ3v) is 7.07. The van der Waals surface area contributed by atoms with E-state index in [9.17, 15) is 0 Å². The number of aryl methyl sites for hydroxylation is 1. The highest BCUT2D eigenvalue weighted by Crippen LogP contribution is 2.39. The highest BCUT2D eigenvalue weighted by Gasteiger charge is 2.43. The number of aromatic nitrogens is 6. The first-order valence-electron chi connectivity index (χ1n) is 11.6. The molecule has 2 saturated heterocycles. The van der Waals surface area contributed by atoms with Gasteiger partial charge in [-0.25, -0.2) is 4.98 Å². The third kappa shape index (κ3) is 4.52. The average Bonchev–Trinajstić information content (AvgIpc) is 3.45. The molecule has 0 aliphatic carbocycles. The Bertz CT molecular complexity index is 1180. The number of hydrogen-bond acceptors (Lipinski definition) is 9. The van der Waals surface area contributed by atoms with E-state index < -0.39 is 0 Å². The van der Waals surface area contributed by atoms with Crippen LogP contribution in [-0.4, -0.2) is 66.4 Å². The molecule has 2 aliphatic rings. The van der Waals surface area contributed by atoms with Crippen molar-refractivity contribution in [2.45, 2.75) is 64.1 Å². The van der Waals surface area contributed by atoms with Gasteiger partial charge in [0.05, 0.1) is 19.0 Å². The fraction of sp³-hybridized carbons (Fsp3) is 0.522. The number of hydrogen-bond donors (Lipinski definition) is 2. The average molecular weight is 484 g/mol. The number of ether oxygens (including phenoxy) is 1. The van der Waals surface area contributed by atoms with Gasteiger partial charge in [0.2, 0.25) is 5.95 Å². The normalized spacial score (nSPS) is 21.8. The van der Waals surface area contributed by atoms with Gasteiger partial charge < -0.3 is 15.4 Å². The second kappa shape index (κ2) is 8.99. The molecule has 10 nitrogen and oxygen atoms in total. The summed E-state index contributed by atoms with van der Waals surface area (Å²) in [5.41, 5.74) is 1.67. The number of nitrogens with one attached hydrogen (secondary N) is 2. The van der Waals surface area contributed by atoms with Crippen molar-refractivity contribution in [1.29, 1.82) is 0 Å². The summed E-state index contributed by atoms with van der Waals surface area (Å²) in [7, 11) is 1.62. The number of benzene rings is 1. The van der Waals surface area contributed by atoms with Gasteiger partial charge in [0, 0.05) is 35.4 Å². The molecule has 2 fully saturated rings. The second-order valence-electron chi connectivity index (χ2n) is 9.66. The quantitative estimate of drug-likeness (QED) is 0.538. The Morgan fingerprint density at radius 2 is 2.09 bits per heavy atom. The first-order valence-corrected chi connectivity index (χ1v) is 12.0. The molecule has 2 aliphatic heterocycles. The molecule has 0 bridgehead atoms. The second-order valence-corrected chi connectivity index (χ2v) is 10.1. The Morgan fingerprint density at radius 1 is 1.24 bits per heavy atom. The van der Waals surface area contributed by atoms with E-state index in [1.165, 1.54) is 19.4 Å². The van der Waals surface area contributed by atoms with Crippen molar-refractivity contribution in [1.82, 2.24) is 35.1 Å². The highest BCUT2D eigenvalue weighted by molar-refractivity contribution is 6.32. The van der Waals surface area contributed by atoms with Crippen LogP contribution in [-0.2, 0) is 0 Å².